The highest BCUT2D eigenvalue weighted by Gasteiger charge is 2.18. The van der Waals surface area contributed by atoms with Crippen molar-refractivity contribution in [1.82, 2.24) is 19.9 Å². The largest absolute Gasteiger partial charge is 0.456 e. The molecule has 0 atom stereocenters. The highest BCUT2D eigenvalue weighted by atomic mass is 16.3. The third-order valence-electron chi connectivity index (χ3n) is 6.16. The summed E-state index contributed by atoms with van der Waals surface area (Å²) in [6, 6.07) is 34.1. The molecule has 0 aliphatic carbocycles. The molecule has 0 saturated heterocycles. The van der Waals surface area contributed by atoms with Crippen LogP contribution in [0.1, 0.15) is 0 Å². The third kappa shape index (κ3) is 3.33. The molecular formula is C30H18N4O. The summed E-state index contributed by atoms with van der Waals surface area (Å²) in [4.78, 5) is 19.1. The van der Waals surface area contributed by atoms with Gasteiger partial charge in [0.15, 0.2) is 17.5 Å². The SMILES string of the molecule is c1ccc(-c2nc(-c3ccccc3)nc(-c3cccc4oc5cc6ncccc6cc5c34)n2)cc1. The first kappa shape index (κ1) is 19.6. The summed E-state index contributed by atoms with van der Waals surface area (Å²) in [7, 11) is 0. The Morgan fingerprint density at radius 1 is 0.543 bits per heavy atom. The van der Waals surface area contributed by atoms with Crippen LogP contribution in [-0.2, 0) is 0 Å². The number of fused-ring (bicyclic) bond motifs is 4. The van der Waals surface area contributed by atoms with Gasteiger partial charge in [0.05, 0.1) is 5.52 Å². The standard InChI is InChI=1S/C30H18N4O/c1-3-9-19(10-4-1)28-32-29(20-11-5-2-6-12-20)34-30(33-28)22-14-7-15-25-27(22)23-17-21-13-8-16-31-24(21)18-26(23)35-25/h1-18H. The van der Waals surface area contributed by atoms with Crippen LogP contribution in [0.15, 0.2) is 114 Å². The van der Waals surface area contributed by atoms with Gasteiger partial charge in [-0.05, 0) is 18.2 Å². The van der Waals surface area contributed by atoms with Crippen molar-refractivity contribution in [2.45, 2.75) is 0 Å². The van der Waals surface area contributed by atoms with Crippen molar-refractivity contribution in [2.24, 2.45) is 0 Å². The normalized spacial score (nSPS) is 11.4. The van der Waals surface area contributed by atoms with Crippen LogP contribution < -0.4 is 0 Å². The first-order valence-corrected chi connectivity index (χ1v) is 11.4. The molecule has 7 aromatic rings. The Hall–Kier alpha value is -4.90. The molecule has 4 aromatic carbocycles. The molecule has 35 heavy (non-hydrogen) atoms. The fourth-order valence-corrected chi connectivity index (χ4v) is 4.51. The van der Waals surface area contributed by atoms with E-state index in [-0.39, 0.29) is 0 Å². The maximum absolute atomic E-state index is 6.24. The van der Waals surface area contributed by atoms with Crippen LogP contribution in [0.4, 0.5) is 0 Å². The molecule has 7 rings (SSSR count). The van der Waals surface area contributed by atoms with Crippen molar-refractivity contribution in [2.75, 3.05) is 0 Å². The number of pyridine rings is 1. The van der Waals surface area contributed by atoms with E-state index in [2.05, 4.69) is 17.1 Å². The van der Waals surface area contributed by atoms with Gasteiger partial charge in [0, 0.05) is 45.1 Å². The van der Waals surface area contributed by atoms with Gasteiger partial charge in [0.2, 0.25) is 0 Å². The van der Waals surface area contributed by atoms with Crippen molar-refractivity contribution in [3.8, 4) is 34.2 Å². The van der Waals surface area contributed by atoms with E-state index in [1.165, 1.54) is 0 Å². The summed E-state index contributed by atoms with van der Waals surface area (Å²) in [6.07, 6.45) is 1.79. The molecule has 5 nitrogen and oxygen atoms in total. The smallest absolute Gasteiger partial charge is 0.164 e. The maximum atomic E-state index is 6.24. The van der Waals surface area contributed by atoms with Gasteiger partial charge in [-0.25, -0.2) is 15.0 Å². The fourth-order valence-electron chi connectivity index (χ4n) is 4.51. The molecule has 0 unspecified atom stereocenters. The van der Waals surface area contributed by atoms with E-state index < -0.39 is 0 Å². The Morgan fingerprint density at radius 2 is 1.23 bits per heavy atom. The lowest BCUT2D eigenvalue weighted by Gasteiger charge is -2.09. The molecule has 0 N–H and O–H groups in total. The number of rotatable bonds is 3. The minimum absolute atomic E-state index is 0.609. The van der Waals surface area contributed by atoms with Crippen LogP contribution in [0.5, 0.6) is 0 Å². The highest BCUT2D eigenvalue weighted by Crippen LogP contribution is 2.37. The van der Waals surface area contributed by atoms with Crippen LogP contribution in [0.25, 0.3) is 67.0 Å². The molecule has 0 aliphatic heterocycles. The molecule has 5 heteroatoms. The number of aromatic nitrogens is 4. The number of hydrogen-bond acceptors (Lipinski definition) is 5. The van der Waals surface area contributed by atoms with Gasteiger partial charge in [-0.2, -0.15) is 0 Å². The van der Waals surface area contributed by atoms with Crippen molar-refractivity contribution >= 4 is 32.8 Å². The lowest BCUT2D eigenvalue weighted by molar-refractivity contribution is 0.669. The fraction of sp³-hybridized carbons (Fsp3) is 0. The van der Waals surface area contributed by atoms with E-state index in [0.29, 0.717) is 17.5 Å². The molecular weight excluding hydrogens is 432 g/mol. The van der Waals surface area contributed by atoms with Crippen LogP contribution in [0.3, 0.4) is 0 Å². The van der Waals surface area contributed by atoms with Crippen molar-refractivity contribution in [1.29, 1.82) is 0 Å². The number of nitrogens with zero attached hydrogens (tertiary/aromatic N) is 4. The lowest BCUT2D eigenvalue weighted by Crippen LogP contribution is -2.00. The van der Waals surface area contributed by atoms with E-state index in [0.717, 1.165) is 49.5 Å². The van der Waals surface area contributed by atoms with Crippen LogP contribution in [0, 0.1) is 0 Å². The summed E-state index contributed by atoms with van der Waals surface area (Å²) >= 11 is 0. The number of furan rings is 1. The first-order valence-electron chi connectivity index (χ1n) is 11.4. The number of hydrogen-bond donors (Lipinski definition) is 0. The minimum Gasteiger partial charge on any atom is -0.456 e. The summed E-state index contributed by atoms with van der Waals surface area (Å²) < 4.78 is 6.24. The molecule has 164 valence electrons. The van der Waals surface area contributed by atoms with Crippen LogP contribution >= 0.6 is 0 Å². The maximum Gasteiger partial charge on any atom is 0.164 e. The average Bonchev–Trinajstić information content (AvgIpc) is 3.30. The Balaban J connectivity index is 1.53. The molecule has 0 saturated carbocycles. The second kappa shape index (κ2) is 7.85. The van der Waals surface area contributed by atoms with Gasteiger partial charge >= 0.3 is 0 Å². The molecule has 3 heterocycles. The van der Waals surface area contributed by atoms with Gasteiger partial charge in [0.25, 0.3) is 0 Å². The Bertz CT molecular complexity index is 1790. The van der Waals surface area contributed by atoms with Gasteiger partial charge in [-0.1, -0.05) is 78.9 Å². The summed E-state index contributed by atoms with van der Waals surface area (Å²) in [6.45, 7) is 0. The van der Waals surface area contributed by atoms with E-state index in [1.54, 1.807) is 6.20 Å². The first-order chi connectivity index (χ1) is 17.3. The monoisotopic (exact) mass is 450 g/mol. The third-order valence-corrected chi connectivity index (χ3v) is 6.16. The Kier molecular flexibility index (Phi) is 4.39. The van der Waals surface area contributed by atoms with Crippen molar-refractivity contribution < 1.29 is 4.42 Å². The molecule has 0 aliphatic rings. The van der Waals surface area contributed by atoms with E-state index >= 15 is 0 Å². The van der Waals surface area contributed by atoms with Gasteiger partial charge in [-0.15, -0.1) is 0 Å². The topological polar surface area (TPSA) is 64.7 Å². The molecule has 0 spiro atoms. The van der Waals surface area contributed by atoms with E-state index in [1.807, 2.05) is 91.0 Å². The Labute approximate surface area is 200 Å². The highest BCUT2D eigenvalue weighted by molar-refractivity contribution is 6.14. The molecule has 0 amide bonds. The predicted molar refractivity (Wildman–Crippen MR) is 139 cm³/mol. The molecule has 0 radical (unpaired) electrons. The van der Waals surface area contributed by atoms with E-state index in [9.17, 15) is 0 Å². The second-order valence-electron chi connectivity index (χ2n) is 8.36. The average molecular weight is 451 g/mol. The molecule has 3 aromatic heterocycles. The van der Waals surface area contributed by atoms with Crippen LogP contribution in [0.2, 0.25) is 0 Å². The summed E-state index contributed by atoms with van der Waals surface area (Å²) in [5.41, 5.74) is 5.26. The van der Waals surface area contributed by atoms with Crippen molar-refractivity contribution in [3.63, 3.8) is 0 Å². The Morgan fingerprint density at radius 3 is 1.94 bits per heavy atom. The van der Waals surface area contributed by atoms with Crippen molar-refractivity contribution in [3.05, 3.63) is 109 Å². The van der Waals surface area contributed by atoms with Gasteiger partial charge < -0.3 is 4.42 Å². The summed E-state index contributed by atoms with van der Waals surface area (Å²) in [5.74, 6) is 1.88. The molecule has 0 fully saturated rings. The quantitative estimate of drug-likeness (QED) is 0.282. The predicted octanol–water partition coefficient (Wildman–Crippen LogP) is 7.32. The zero-order chi connectivity index (χ0) is 23.2. The zero-order valence-corrected chi connectivity index (χ0v) is 18.6. The summed E-state index contributed by atoms with van der Waals surface area (Å²) in [5, 5.41) is 3.06. The van der Waals surface area contributed by atoms with Crippen LogP contribution in [-0.4, -0.2) is 19.9 Å². The number of benzene rings is 4. The minimum atomic E-state index is 0.609. The van der Waals surface area contributed by atoms with Gasteiger partial charge in [-0.3, -0.25) is 4.98 Å². The zero-order valence-electron chi connectivity index (χ0n) is 18.6. The molecule has 0 bridgehead atoms. The van der Waals surface area contributed by atoms with Gasteiger partial charge in [0.1, 0.15) is 11.2 Å². The second-order valence-corrected chi connectivity index (χ2v) is 8.36. The van der Waals surface area contributed by atoms with E-state index in [4.69, 9.17) is 19.4 Å². The lowest BCUT2D eigenvalue weighted by atomic mass is 10.0.